The molecule has 0 saturated carbocycles. The molecule has 0 aliphatic rings. The zero-order valence-corrected chi connectivity index (χ0v) is 28.1. The molecule has 1 nitrogen and oxygen atoms in total. The lowest BCUT2D eigenvalue weighted by atomic mass is 9.84. The van der Waals surface area contributed by atoms with Crippen molar-refractivity contribution in [3.05, 3.63) is 158 Å². The van der Waals surface area contributed by atoms with E-state index in [-0.39, 0.29) is 15.6 Å². The third-order valence-electron chi connectivity index (χ3n) is 9.53. The first-order valence-electron chi connectivity index (χ1n) is 16.6. The van der Waals surface area contributed by atoms with E-state index in [4.69, 9.17) is 4.42 Å². The summed E-state index contributed by atoms with van der Waals surface area (Å²) in [5, 5.41) is 9.89. The summed E-state index contributed by atoms with van der Waals surface area (Å²) in [6, 6.07) is 57.7. The molecule has 230 valence electrons. The van der Waals surface area contributed by atoms with Crippen LogP contribution in [-0.2, 0) is 10.9 Å². The van der Waals surface area contributed by atoms with Gasteiger partial charge >= 0.3 is 0 Å². The molecule has 1 aromatic heterocycles. The smallest absolute Gasteiger partial charge is 0.204 e. The van der Waals surface area contributed by atoms with Gasteiger partial charge in [-0.15, -0.1) is 0 Å². The van der Waals surface area contributed by atoms with Gasteiger partial charge in [0.25, 0.3) is 0 Å². The van der Waals surface area contributed by atoms with Crippen LogP contribution >= 0.6 is 0 Å². The fourth-order valence-corrected chi connectivity index (χ4v) is 10.3. The zero-order valence-electron chi connectivity index (χ0n) is 27.3. The summed E-state index contributed by atoms with van der Waals surface area (Å²) in [6.45, 7) is 7.07. The first-order valence-corrected chi connectivity index (χ1v) is 17.9. The van der Waals surface area contributed by atoms with Crippen LogP contribution in [-0.4, -0.2) is 4.75 Å². The third kappa shape index (κ3) is 4.55. The number of hydrogen-bond donors (Lipinski definition) is 0. The van der Waals surface area contributed by atoms with Crippen LogP contribution in [0.25, 0.3) is 76.5 Å². The molecule has 0 amide bonds. The van der Waals surface area contributed by atoms with Crippen LogP contribution in [0.5, 0.6) is 0 Å². The SMILES string of the molecule is CC(C)(C)[S+](c1ccccc1)c1cc(-c2c3ccccc3c(-c3cccc4ccccc34)c3ccccc23)cc2c1oc1ccccc12. The summed E-state index contributed by atoms with van der Waals surface area (Å²) in [7, 11) is -0.265. The molecule has 0 saturated heterocycles. The van der Waals surface area contributed by atoms with Gasteiger partial charge in [0.2, 0.25) is 4.90 Å². The van der Waals surface area contributed by atoms with Crippen molar-refractivity contribution in [1.29, 1.82) is 0 Å². The van der Waals surface area contributed by atoms with E-state index in [1.807, 2.05) is 0 Å². The minimum Gasteiger partial charge on any atom is -0.451 e. The average Bonchev–Trinajstić information content (AvgIpc) is 3.49. The molecule has 48 heavy (non-hydrogen) atoms. The number of benzene rings is 8. The molecule has 0 fully saturated rings. The first-order chi connectivity index (χ1) is 23.5. The number of furan rings is 1. The van der Waals surface area contributed by atoms with Gasteiger partial charge in [0, 0.05) is 16.8 Å². The van der Waals surface area contributed by atoms with E-state index in [1.54, 1.807) is 0 Å². The number of hydrogen-bond acceptors (Lipinski definition) is 1. The van der Waals surface area contributed by atoms with Crippen molar-refractivity contribution >= 4 is 65.2 Å². The lowest BCUT2D eigenvalue weighted by Gasteiger charge is -2.22. The summed E-state index contributed by atoms with van der Waals surface area (Å²) < 4.78 is 6.74. The van der Waals surface area contributed by atoms with Crippen molar-refractivity contribution in [2.24, 2.45) is 0 Å². The van der Waals surface area contributed by atoms with Crippen LogP contribution in [0.3, 0.4) is 0 Å². The molecule has 0 aliphatic carbocycles. The molecule has 0 bridgehead atoms. The normalized spacial score (nSPS) is 12.8. The van der Waals surface area contributed by atoms with Gasteiger partial charge < -0.3 is 4.42 Å². The van der Waals surface area contributed by atoms with Crippen LogP contribution in [0.1, 0.15) is 20.8 Å². The van der Waals surface area contributed by atoms with E-state index in [0.29, 0.717) is 0 Å². The second-order valence-electron chi connectivity index (χ2n) is 13.5. The Morgan fingerprint density at radius 2 is 1.00 bits per heavy atom. The van der Waals surface area contributed by atoms with Gasteiger partial charge in [-0.25, -0.2) is 0 Å². The molecule has 9 rings (SSSR count). The first kappa shape index (κ1) is 28.9. The quantitative estimate of drug-likeness (QED) is 0.139. The maximum Gasteiger partial charge on any atom is 0.204 e. The van der Waals surface area contributed by atoms with Gasteiger partial charge in [-0.2, -0.15) is 0 Å². The van der Waals surface area contributed by atoms with Crippen LogP contribution in [0.4, 0.5) is 0 Å². The number of para-hydroxylation sites is 1. The van der Waals surface area contributed by atoms with Crippen molar-refractivity contribution < 1.29 is 4.42 Å². The van der Waals surface area contributed by atoms with Gasteiger partial charge in [-0.3, -0.25) is 0 Å². The molecule has 0 spiro atoms. The standard InChI is InChI=1S/C46H35OS/c1-46(2,3)48(32-18-5-4-6-19-32)42-29-31(28-40-34-21-13-14-27-41(34)47-45(40)42)43-36-22-9-11-24-38(36)44(39-25-12-10-23-37(39)43)35-26-15-17-30-16-7-8-20-33(30)35/h4-29H,1-3H3/q+1. The number of fused-ring (bicyclic) bond motifs is 6. The van der Waals surface area contributed by atoms with E-state index in [0.717, 1.165) is 16.6 Å². The Morgan fingerprint density at radius 1 is 0.458 bits per heavy atom. The van der Waals surface area contributed by atoms with E-state index in [1.165, 1.54) is 69.7 Å². The molecule has 9 aromatic rings. The van der Waals surface area contributed by atoms with E-state index >= 15 is 0 Å². The van der Waals surface area contributed by atoms with Crippen LogP contribution in [0.15, 0.2) is 172 Å². The lowest BCUT2D eigenvalue weighted by Crippen LogP contribution is -2.28. The Labute approximate surface area is 283 Å². The number of rotatable bonds is 4. The van der Waals surface area contributed by atoms with Crippen molar-refractivity contribution in [3.63, 3.8) is 0 Å². The maximum atomic E-state index is 6.77. The largest absolute Gasteiger partial charge is 0.451 e. The monoisotopic (exact) mass is 635 g/mol. The second kappa shape index (κ2) is 11.1. The van der Waals surface area contributed by atoms with Gasteiger partial charge in [0.05, 0.1) is 10.9 Å². The summed E-state index contributed by atoms with van der Waals surface area (Å²) >= 11 is 0. The second-order valence-corrected chi connectivity index (χ2v) is 16.3. The van der Waals surface area contributed by atoms with Crippen LogP contribution in [0, 0.1) is 0 Å². The van der Waals surface area contributed by atoms with Crippen LogP contribution in [0.2, 0.25) is 0 Å². The van der Waals surface area contributed by atoms with Crippen molar-refractivity contribution in [1.82, 2.24) is 0 Å². The topological polar surface area (TPSA) is 13.1 Å². The van der Waals surface area contributed by atoms with Crippen molar-refractivity contribution in [3.8, 4) is 22.3 Å². The van der Waals surface area contributed by atoms with E-state index < -0.39 is 0 Å². The molecule has 0 radical (unpaired) electrons. The Morgan fingerprint density at radius 3 is 1.67 bits per heavy atom. The minimum atomic E-state index is -0.265. The Kier molecular flexibility index (Phi) is 6.71. The van der Waals surface area contributed by atoms with E-state index in [2.05, 4.69) is 178 Å². The van der Waals surface area contributed by atoms with Crippen molar-refractivity contribution in [2.75, 3.05) is 0 Å². The molecule has 1 unspecified atom stereocenters. The molecular formula is C46H35OS+. The highest BCUT2D eigenvalue weighted by molar-refractivity contribution is 7.98. The fourth-order valence-electron chi connectivity index (χ4n) is 7.63. The summed E-state index contributed by atoms with van der Waals surface area (Å²) in [4.78, 5) is 2.58. The Bertz CT molecular complexity index is 2600. The molecule has 0 aliphatic heterocycles. The molecule has 1 heterocycles. The fraction of sp³-hybridized carbons (Fsp3) is 0.0870. The average molecular weight is 636 g/mol. The highest BCUT2D eigenvalue weighted by Crippen LogP contribution is 2.48. The minimum absolute atomic E-state index is 0.0335. The third-order valence-corrected chi connectivity index (χ3v) is 12.2. The molecular weight excluding hydrogens is 601 g/mol. The van der Waals surface area contributed by atoms with Gasteiger partial charge in [0.1, 0.15) is 10.3 Å². The Hall–Kier alpha value is -5.31. The lowest BCUT2D eigenvalue weighted by molar-refractivity contribution is 0.658. The summed E-state index contributed by atoms with van der Waals surface area (Å²) in [6.07, 6.45) is 0. The molecule has 2 heteroatoms. The van der Waals surface area contributed by atoms with E-state index in [9.17, 15) is 0 Å². The molecule has 8 aromatic carbocycles. The highest BCUT2D eigenvalue weighted by atomic mass is 32.2. The Balaban J connectivity index is 1.43. The van der Waals surface area contributed by atoms with Gasteiger partial charge in [0.15, 0.2) is 10.5 Å². The van der Waals surface area contributed by atoms with Gasteiger partial charge in [-0.05, 0) is 99.6 Å². The van der Waals surface area contributed by atoms with Crippen molar-refractivity contribution in [2.45, 2.75) is 35.3 Å². The zero-order chi connectivity index (χ0) is 32.4. The summed E-state index contributed by atoms with van der Waals surface area (Å²) in [5.41, 5.74) is 6.96. The highest BCUT2D eigenvalue weighted by Gasteiger charge is 2.42. The summed E-state index contributed by atoms with van der Waals surface area (Å²) in [5.74, 6) is 0. The molecule has 0 N–H and O–H groups in total. The van der Waals surface area contributed by atoms with Gasteiger partial charge in [-0.1, -0.05) is 127 Å². The van der Waals surface area contributed by atoms with Crippen LogP contribution < -0.4 is 0 Å². The predicted octanol–water partition coefficient (Wildman–Crippen LogP) is 13.2. The molecule has 1 atom stereocenters. The predicted molar refractivity (Wildman–Crippen MR) is 207 cm³/mol. The maximum absolute atomic E-state index is 6.77.